The molecule has 7 heteroatoms. The summed E-state index contributed by atoms with van der Waals surface area (Å²) < 4.78 is 37.9. The number of alkyl halides is 3. The Kier molecular flexibility index (Phi) is 2.01. The Labute approximate surface area is 87.4 Å². The minimum Gasteiger partial charge on any atom is -0.478 e. The second kappa shape index (κ2) is 3.03. The number of halogens is 3. The molecule has 84 valence electrons. The molecule has 1 aromatic rings. The highest BCUT2D eigenvalue weighted by molar-refractivity contribution is 5.90. The summed E-state index contributed by atoms with van der Waals surface area (Å²) in [6.45, 7) is 0. The Morgan fingerprint density at radius 3 is 2.25 bits per heavy atom. The first-order valence-electron chi connectivity index (χ1n) is 4.22. The number of hydrogen-bond donors (Lipinski definition) is 1. The molecule has 4 nitrogen and oxygen atoms in total. The highest BCUT2D eigenvalue weighted by Gasteiger charge is 2.66. The smallest absolute Gasteiger partial charge is 0.442 e. The molecule has 1 aliphatic heterocycles. The average Bonchev–Trinajstić information content (AvgIpc) is 2.97. The van der Waals surface area contributed by atoms with Gasteiger partial charge in [-0.15, -0.1) is 10.2 Å². The van der Waals surface area contributed by atoms with E-state index in [1.165, 1.54) is 12.1 Å². The van der Waals surface area contributed by atoms with E-state index in [0.717, 1.165) is 12.1 Å². The maximum Gasteiger partial charge on any atom is 0.442 e. The van der Waals surface area contributed by atoms with Crippen LogP contribution in [0.15, 0.2) is 34.5 Å². The number of aromatic carboxylic acids is 1. The summed E-state index contributed by atoms with van der Waals surface area (Å²) in [6, 6.07) is 4.82. The fraction of sp³-hybridized carbons (Fsp3) is 0.222. The van der Waals surface area contributed by atoms with E-state index in [9.17, 15) is 18.0 Å². The summed E-state index contributed by atoms with van der Waals surface area (Å²) in [4.78, 5) is 10.8. The van der Waals surface area contributed by atoms with Crippen LogP contribution in [0.25, 0.3) is 0 Å². The Morgan fingerprint density at radius 2 is 1.81 bits per heavy atom. The fourth-order valence-corrected chi connectivity index (χ4v) is 1.40. The van der Waals surface area contributed by atoms with E-state index in [2.05, 4.69) is 10.2 Å². The van der Waals surface area contributed by atoms with Gasteiger partial charge in [0, 0.05) is 5.56 Å². The van der Waals surface area contributed by atoms with E-state index in [-0.39, 0.29) is 0 Å². The van der Waals surface area contributed by atoms with Gasteiger partial charge in [0.1, 0.15) is 0 Å². The highest BCUT2D eigenvalue weighted by Crippen LogP contribution is 2.53. The van der Waals surface area contributed by atoms with Gasteiger partial charge in [0.2, 0.25) is 0 Å². The van der Waals surface area contributed by atoms with E-state index in [0.29, 0.717) is 0 Å². The van der Waals surface area contributed by atoms with Gasteiger partial charge in [-0.2, -0.15) is 13.2 Å². The van der Waals surface area contributed by atoms with Crippen LogP contribution in [0.1, 0.15) is 15.9 Å². The predicted molar refractivity (Wildman–Crippen MR) is 46.0 cm³/mol. The van der Waals surface area contributed by atoms with Crippen LogP contribution in [-0.2, 0) is 5.66 Å². The molecular formula is C9H5F3N2O2. The Hall–Kier alpha value is -1.92. The molecule has 0 saturated carbocycles. The molecule has 0 aromatic heterocycles. The van der Waals surface area contributed by atoms with Crippen LogP contribution in [0.4, 0.5) is 13.2 Å². The van der Waals surface area contributed by atoms with E-state index in [1.807, 2.05) is 0 Å². The highest BCUT2D eigenvalue weighted by atomic mass is 19.4. The SMILES string of the molecule is O=C(O)c1ccccc1C1(C(F)(F)F)N=N1. The lowest BCUT2D eigenvalue weighted by Gasteiger charge is -2.16. The van der Waals surface area contributed by atoms with Gasteiger partial charge in [0.25, 0.3) is 0 Å². The first-order chi connectivity index (χ1) is 7.38. The average molecular weight is 230 g/mol. The second-order valence-electron chi connectivity index (χ2n) is 3.22. The normalized spacial score (nSPS) is 17.2. The second-order valence-corrected chi connectivity index (χ2v) is 3.22. The maximum absolute atomic E-state index is 12.6. The van der Waals surface area contributed by atoms with E-state index < -0.39 is 28.9 Å². The Balaban J connectivity index is 2.54. The van der Waals surface area contributed by atoms with Gasteiger partial charge in [0.15, 0.2) is 0 Å². The molecule has 2 rings (SSSR count). The molecule has 1 aliphatic rings. The number of rotatable bonds is 2. The molecule has 0 bridgehead atoms. The lowest BCUT2D eigenvalue weighted by Crippen LogP contribution is -2.31. The molecule has 0 amide bonds. The fourth-order valence-electron chi connectivity index (χ4n) is 1.40. The van der Waals surface area contributed by atoms with Crippen molar-refractivity contribution < 1.29 is 23.1 Å². The Bertz CT molecular complexity index is 476. The van der Waals surface area contributed by atoms with Gasteiger partial charge in [-0.25, -0.2) is 4.79 Å². The lowest BCUT2D eigenvalue weighted by molar-refractivity contribution is -0.166. The summed E-state index contributed by atoms with van der Waals surface area (Å²) in [5, 5.41) is 14.7. The number of carboxylic acid groups (broad SMARTS) is 1. The molecule has 0 radical (unpaired) electrons. The number of carbonyl (C=O) groups is 1. The molecule has 1 heterocycles. The van der Waals surface area contributed by atoms with Crippen molar-refractivity contribution in [3.8, 4) is 0 Å². The third-order valence-corrected chi connectivity index (χ3v) is 2.23. The van der Waals surface area contributed by atoms with Crippen molar-refractivity contribution in [2.24, 2.45) is 10.2 Å². The van der Waals surface area contributed by atoms with E-state index >= 15 is 0 Å². The third kappa shape index (κ3) is 1.36. The van der Waals surface area contributed by atoms with Gasteiger partial charge in [-0.1, -0.05) is 18.2 Å². The molecule has 1 aromatic carbocycles. The van der Waals surface area contributed by atoms with Gasteiger partial charge in [-0.3, -0.25) is 0 Å². The first-order valence-corrected chi connectivity index (χ1v) is 4.22. The van der Waals surface area contributed by atoms with Crippen molar-refractivity contribution in [2.45, 2.75) is 11.8 Å². The maximum atomic E-state index is 12.6. The molecule has 1 N–H and O–H groups in total. The summed E-state index contributed by atoms with van der Waals surface area (Å²) in [5.41, 5.74) is -3.57. The minimum absolute atomic E-state index is 0.440. The number of nitrogens with zero attached hydrogens (tertiary/aromatic N) is 2. The van der Waals surface area contributed by atoms with Crippen molar-refractivity contribution in [3.05, 3.63) is 35.4 Å². The van der Waals surface area contributed by atoms with Gasteiger partial charge in [0.05, 0.1) is 5.56 Å². The topological polar surface area (TPSA) is 62.0 Å². The van der Waals surface area contributed by atoms with Crippen molar-refractivity contribution in [2.75, 3.05) is 0 Å². The van der Waals surface area contributed by atoms with E-state index in [1.54, 1.807) is 0 Å². The standard InChI is InChI=1S/C9H5F3N2O2/c10-9(11,12)8(13-14-8)6-4-2-1-3-5(6)7(15)16/h1-4H,(H,15,16). The molecule has 0 atom stereocenters. The van der Waals surface area contributed by atoms with Gasteiger partial charge >= 0.3 is 17.8 Å². The van der Waals surface area contributed by atoms with Crippen molar-refractivity contribution in [1.82, 2.24) is 0 Å². The van der Waals surface area contributed by atoms with Crippen LogP contribution >= 0.6 is 0 Å². The molecular weight excluding hydrogens is 225 g/mol. The minimum atomic E-state index is -4.71. The van der Waals surface area contributed by atoms with Crippen LogP contribution in [0.5, 0.6) is 0 Å². The van der Waals surface area contributed by atoms with Crippen LogP contribution in [0, 0.1) is 0 Å². The van der Waals surface area contributed by atoms with Crippen LogP contribution < -0.4 is 0 Å². The molecule has 0 saturated heterocycles. The summed E-state index contributed by atoms with van der Waals surface area (Å²) in [5.74, 6) is -1.43. The quantitative estimate of drug-likeness (QED) is 0.848. The molecule has 0 spiro atoms. The number of carboxylic acids is 1. The number of hydrogen-bond acceptors (Lipinski definition) is 3. The molecule has 0 unspecified atom stereocenters. The third-order valence-electron chi connectivity index (χ3n) is 2.23. The summed E-state index contributed by atoms with van der Waals surface area (Å²) in [7, 11) is 0. The zero-order chi connectivity index (χ0) is 12.0. The van der Waals surface area contributed by atoms with Crippen LogP contribution in [0.3, 0.4) is 0 Å². The van der Waals surface area contributed by atoms with Crippen molar-refractivity contribution in [1.29, 1.82) is 0 Å². The zero-order valence-corrected chi connectivity index (χ0v) is 7.69. The summed E-state index contributed by atoms with van der Waals surface area (Å²) >= 11 is 0. The van der Waals surface area contributed by atoms with Crippen molar-refractivity contribution in [3.63, 3.8) is 0 Å². The van der Waals surface area contributed by atoms with Gasteiger partial charge in [-0.05, 0) is 6.07 Å². The summed E-state index contributed by atoms with van der Waals surface area (Å²) in [6.07, 6.45) is -4.71. The van der Waals surface area contributed by atoms with Crippen molar-refractivity contribution >= 4 is 5.97 Å². The first kappa shape index (κ1) is 10.6. The molecule has 16 heavy (non-hydrogen) atoms. The Morgan fingerprint density at radius 1 is 1.25 bits per heavy atom. The lowest BCUT2D eigenvalue weighted by atomic mass is 9.97. The monoisotopic (exact) mass is 230 g/mol. The molecule has 0 fully saturated rings. The largest absolute Gasteiger partial charge is 0.478 e. The molecule has 0 aliphatic carbocycles. The zero-order valence-electron chi connectivity index (χ0n) is 7.69. The van der Waals surface area contributed by atoms with Crippen LogP contribution in [0.2, 0.25) is 0 Å². The van der Waals surface area contributed by atoms with Crippen LogP contribution in [-0.4, -0.2) is 17.3 Å². The van der Waals surface area contributed by atoms with Gasteiger partial charge < -0.3 is 5.11 Å². The number of benzene rings is 1. The predicted octanol–water partition coefficient (Wildman–Crippen LogP) is 2.57. The van der Waals surface area contributed by atoms with E-state index in [4.69, 9.17) is 5.11 Å².